The van der Waals surface area contributed by atoms with Crippen LogP contribution >= 0.6 is 27.3 Å². The Kier molecular flexibility index (Phi) is 3.90. The number of carbonyl (C=O) groups is 1. The van der Waals surface area contributed by atoms with E-state index in [1.807, 2.05) is 24.3 Å². The van der Waals surface area contributed by atoms with Crippen LogP contribution in [0.3, 0.4) is 0 Å². The van der Waals surface area contributed by atoms with Crippen molar-refractivity contribution >= 4 is 33.2 Å². The summed E-state index contributed by atoms with van der Waals surface area (Å²) in [5, 5.41) is 5.35. The maximum atomic E-state index is 12.3. The van der Waals surface area contributed by atoms with E-state index in [0.717, 1.165) is 23.9 Å². The van der Waals surface area contributed by atoms with Gasteiger partial charge in [-0.25, -0.2) is 0 Å². The lowest BCUT2D eigenvalue weighted by atomic mass is 9.98. The van der Waals surface area contributed by atoms with Crippen molar-refractivity contribution in [3.8, 4) is 0 Å². The van der Waals surface area contributed by atoms with Gasteiger partial charge >= 0.3 is 0 Å². The van der Waals surface area contributed by atoms with Crippen LogP contribution in [0.4, 0.5) is 0 Å². The third-order valence-electron chi connectivity index (χ3n) is 3.20. The van der Waals surface area contributed by atoms with Crippen molar-refractivity contribution < 1.29 is 4.79 Å². The second kappa shape index (κ2) is 5.08. The fourth-order valence-corrected chi connectivity index (χ4v) is 3.74. The Bertz CT molecular complexity index is 412. The van der Waals surface area contributed by atoms with Crippen molar-refractivity contribution in [2.45, 2.75) is 31.8 Å². The van der Waals surface area contributed by atoms with Crippen LogP contribution in [0.5, 0.6) is 0 Å². The predicted octanol–water partition coefficient (Wildman–Crippen LogP) is 2.61. The van der Waals surface area contributed by atoms with Crippen LogP contribution in [0, 0.1) is 0 Å². The van der Waals surface area contributed by atoms with Crippen molar-refractivity contribution in [1.29, 1.82) is 0 Å². The standard InChI is InChI=1S/C12H17BrN2OS/c1-12(4-3-5-14-12)11(16)15(2)7-10-6-9(13)8-17-10/h6,8,14H,3-5,7H2,1-2H3. The summed E-state index contributed by atoms with van der Waals surface area (Å²) >= 11 is 5.11. The molecule has 2 rings (SSSR count). The molecular weight excluding hydrogens is 300 g/mol. The van der Waals surface area contributed by atoms with Gasteiger partial charge in [0.05, 0.1) is 12.1 Å². The zero-order chi connectivity index (χ0) is 12.5. The Morgan fingerprint density at radius 2 is 2.47 bits per heavy atom. The molecule has 1 aliphatic rings. The summed E-state index contributed by atoms with van der Waals surface area (Å²) in [6.45, 7) is 3.64. The lowest BCUT2D eigenvalue weighted by Gasteiger charge is -2.29. The van der Waals surface area contributed by atoms with E-state index in [4.69, 9.17) is 0 Å². The van der Waals surface area contributed by atoms with Gasteiger partial charge in [0.25, 0.3) is 0 Å². The number of hydrogen-bond acceptors (Lipinski definition) is 3. The molecule has 1 aliphatic heterocycles. The monoisotopic (exact) mass is 316 g/mol. The van der Waals surface area contributed by atoms with E-state index in [-0.39, 0.29) is 11.4 Å². The molecule has 0 saturated carbocycles. The van der Waals surface area contributed by atoms with E-state index in [0.29, 0.717) is 6.54 Å². The molecule has 5 heteroatoms. The number of halogens is 1. The van der Waals surface area contributed by atoms with Gasteiger partial charge < -0.3 is 10.2 Å². The molecule has 1 unspecified atom stereocenters. The summed E-state index contributed by atoms with van der Waals surface area (Å²) in [4.78, 5) is 15.4. The van der Waals surface area contributed by atoms with Gasteiger partial charge in [-0.05, 0) is 48.3 Å². The number of thiophene rings is 1. The van der Waals surface area contributed by atoms with Crippen LogP contribution in [0.25, 0.3) is 0 Å². The van der Waals surface area contributed by atoms with Gasteiger partial charge in [0.1, 0.15) is 0 Å². The molecule has 1 aromatic heterocycles. The maximum absolute atomic E-state index is 12.3. The summed E-state index contributed by atoms with van der Waals surface area (Å²) in [6.07, 6.45) is 2.02. The number of nitrogens with zero attached hydrogens (tertiary/aromatic N) is 1. The molecule has 0 bridgehead atoms. The van der Waals surface area contributed by atoms with Crippen LogP contribution in [0.15, 0.2) is 15.9 Å². The summed E-state index contributed by atoms with van der Waals surface area (Å²) < 4.78 is 1.09. The highest BCUT2D eigenvalue weighted by molar-refractivity contribution is 9.10. The molecule has 1 fully saturated rings. The first-order valence-electron chi connectivity index (χ1n) is 5.75. The molecule has 1 aromatic rings. The van der Waals surface area contributed by atoms with Crippen LogP contribution in [-0.4, -0.2) is 29.9 Å². The average molecular weight is 317 g/mol. The Morgan fingerprint density at radius 3 is 3.00 bits per heavy atom. The quantitative estimate of drug-likeness (QED) is 0.929. The molecule has 1 N–H and O–H groups in total. The first kappa shape index (κ1) is 13.1. The molecule has 94 valence electrons. The van der Waals surface area contributed by atoms with Gasteiger partial charge in [-0.15, -0.1) is 11.3 Å². The zero-order valence-electron chi connectivity index (χ0n) is 10.1. The Labute approximate surface area is 114 Å². The van der Waals surface area contributed by atoms with E-state index in [2.05, 4.69) is 27.3 Å². The number of likely N-dealkylation sites (N-methyl/N-ethyl adjacent to an activating group) is 1. The molecular formula is C12H17BrN2OS. The predicted molar refractivity (Wildman–Crippen MR) is 74.1 cm³/mol. The van der Waals surface area contributed by atoms with Gasteiger partial charge in [-0.3, -0.25) is 4.79 Å². The molecule has 2 heterocycles. The lowest BCUT2D eigenvalue weighted by molar-refractivity contribution is -0.136. The molecule has 17 heavy (non-hydrogen) atoms. The SMILES string of the molecule is CN(Cc1cc(Br)cs1)C(=O)C1(C)CCCN1. The molecule has 1 saturated heterocycles. The summed E-state index contributed by atoms with van der Waals surface area (Å²) in [7, 11) is 1.88. The number of carbonyl (C=O) groups excluding carboxylic acids is 1. The minimum Gasteiger partial charge on any atom is -0.339 e. The molecule has 0 radical (unpaired) electrons. The second-order valence-corrected chi connectivity index (χ2v) is 6.67. The molecule has 0 aromatic carbocycles. The largest absolute Gasteiger partial charge is 0.339 e. The van der Waals surface area contributed by atoms with Crippen molar-refractivity contribution in [2.75, 3.05) is 13.6 Å². The molecule has 0 aliphatic carbocycles. The fourth-order valence-electron chi connectivity index (χ4n) is 2.24. The molecule has 1 atom stereocenters. The minimum absolute atomic E-state index is 0.194. The maximum Gasteiger partial charge on any atom is 0.242 e. The van der Waals surface area contributed by atoms with Gasteiger partial charge in [-0.2, -0.15) is 0 Å². The second-order valence-electron chi connectivity index (χ2n) is 4.75. The average Bonchev–Trinajstić information content (AvgIpc) is 2.88. The summed E-state index contributed by atoms with van der Waals surface area (Å²) in [5.41, 5.74) is -0.358. The number of amides is 1. The van der Waals surface area contributed by atoms with Crippen LogP contribution in [0.1, 0.15) is 24.6 Å². The van der Waals surface area contributed by atoms with E-state index in [1.54, 1.807) is 11.3 Å². The van der Waals surface area contributed by atoms with Crippen molar-refractivity contribution in [1.82, 2.24) is 10.2 Å². The topological polar surface area (TPSA) is 32.3 Å². The molecule has 1 amide bonds. The Morgan fingerprint density at radius 1 is 1.71 bits per heavy atom. The number of nitrogens with one attached hydrogen (secondary N) is 1. The van der Waals surface area contributed by atoms with E-state index >= 15 is 0 Å². The van der Waals surface area contributed by atoms with E-state index < -0.39 is 0 Å². The molecule has 0 spiro atoms. The van der Waals surface area contributed by atoms with E-state index in [1.165, 1.54) is 4.88 Å². The lowest BCUT2D eigenvalue weighted by Crippen LogP contribution is -2.51. The third-order valence-corrected chi connectivity index (χ3v) is 4.88. The van der Waals surface area contributed by atoms with Gasteiger partial charge in [0.15, 0.2) is 0 Å². The minimum atomic E-state index is -0.358. The first-order chi connectivity index (χ1) is 8.01. The van der Waals surface area contributed by atoms with Crippen LogP contribution < -0.4 is 5.32 Å². The Hall–Kier alpha value is -0.390. The summed E-state index contributed by atoms with van der Waals surface area (Å²) in [6, 6.07) is 2.07. The smallest absolute Gasteiger partial charge is 0.242 e. The van der Waals surface area contributed by atoms with Gasteiger partial charge in [0, 0.05) is 21.8 Å². The van der Waals surface area contributed by atoms with Crippen LogP contribution in [-0.2, 0) is 11.3 Å². The van der Waals surface area contributed by atoms with Crippen molar-refractivity contribution in [3.05, 3.63) is 20.8 Å². The third kappa shape index (κ3) is 2.89. The Balaban J connectivity index is 2.00. The van der Waals surface area contributed by atoms with Crippen molar-refractivity contribution in [2.24, 2.45) is 0 Å². The fraction of sp³-hybridized carbons (Fsp3) is 0.583. The highest BCUT2D eigenvalue weighted by Crippen LogP contribution is 2.24. The number of rotatable bonds is 3. The highest BCUT2D eigenvalue weighted by Gasteiger charge is 2.37. The van der Waals surface area contributed by atoms with Crippen LogP contribution in [0.2, 0.25) is 0 Å². The zero-order valence-corrected chi connectivity index (χ0v) is 12.5. The van der Waals surface area contributed by atoms with Gasteiger partial charge in [-0.1, -0.05) is 0 Å². The first-order valence-corrected chi connectivity index (χ1v) is 7.42. The van der Waals surface area contributed by atoms with Gasteiger partial charge in [0.2, 0.25) is 5.91 Å². The highest BCUT2D eigenvalue weighted by atomic mass is 79.9. The van der Waals surface area contributed by atoms with E-state index in [9.17, 15) is 4.79 Å². The number of hydrogen-bond donors (Lipinski definition) is 1. The molecule has 3 nitrogen and oxygen atoms in total. The normalized spacial score (nSPS) is 23.9. The van der Waals surface area contributed by atoms with Crippen molar-refractivity contribution in [3.63, 3.8) is 0 Å². The summed E-state index contributed by atoms with van der Waals surface area (Å²) in [5.74, 6) is 0.194.